The van der Waals surface area contributed by atoms with E-state index in [0.717, 1.165) is 0 Å². The first-order valence-corrected chi connectivity index (χ1v) is 5.83. The molecule has 0 saturated heterocycles. The number of hydrogen-bond acceptors (Lipinski definition) is 4. The maximum Gasteiger partial charge on any atom is 0.239 e. The van der Waals surface area contributed by atoms with E-state index in [9.17, 15) is 4.79 Å². The van der Waals surface area contributed by atoms with Crippen LogP contribution in [-0.4, -0.2) is 56.4 Å². The van der Waals surface area contributed by atoms with Crippen molar-refractivity contribution in [2.75, 3.05) is 39.5 Å². The molecule has 0 fully saturated rings. The van der Waals surface area contributed by atoms with Crippen LogP contribution >= 0.6 is 0 Å². The second-order valence-electron chi connectivity index (χ2n) is 3.51. The van der Waals surface area contributed by atoms with E-state index in [1.54, 1.807) is 11.8 Å². The Morgan fingerprint density at radius 3 is 1.94 bits per heavy atom. The number of nitrogens with two attached hydrogens (primary N) is 1. The van der Waals surface area contributed by atoms with Crippen LogP contribution in [0.2, 0.25) is 0 Å². The van der Waals surface area contributed by atoms with Crippen LogP contribution in [0.3, 0.4) is 0 Å². The van der Waals surface area contributed by atoms with Gasteiger partial charge >= 0.3 is 0 Å². The number of ether oxygens (including phenoxy) is 2. The average molecular weight is 232 g/mol. The molecule has 1 atom stereocenters. The van der Waals surface area contributed by atoms with E-state index >= 15 is 0 Å². The van der Waals surface area contributed by atoms with Crippen LogP contribution in [0.25, 0.3) is 0 Å². The molecule has 5 nitrogen and oxygen atoms in total. The number of rotatable bonds is 9. The molecule has 16 heavy (non-hydrogen) atoms. The minimum absolute atomic E-state index is 0.0561. The van der Waals surface area contributed by atoms with Crippen LogP contribution < -0.4 is 5.73 Å². The van der Waals surface area contributed by atoms with Gasteiger partial charge < -0.3 is 20.1 Å². The minimum Gasteiger partial charge on any atom is -0.380 e. The Hall–Kier alpha value is -0.650. The molecular formula is C11H24N2O3. The molecule has 0 aromatic rings. The molecule has 5 heteroatoms. The summed E-state index contributed by atoms with van der Waals surface area (Å²) in [5.74, 6) is -0.0561. The first-order valence-electron chi connectivity index (χ1n) is 5.83. The van der Waals surface area contributed by atoms with Crippen molar-refractivity contribution in [2.45, 2.75) is 26.8 Å². The first-order chi connectivity index (χ1) is 7.63. The van der Waals surface area contributed by atoms with Gasteiger partial charge in [-0.2, -0.15) is 0 Å². The summed E-state index contributed by atoms with van der Waals surface area (Å²) >= 11 is 0. The van der Waals surface area contributed by atoms with E-state index in [1.807, 2.05) is 13.8 Å². The molecule has 0 radical (unpaired) electrons. The quantitative estimate of drug-likeness (QED) is 0.578. The molecule has 0 unspecified atom stereocenters. The molecule has 1 amide bonds. The van der Waals surface area contributed by atoms with Crippen LogP contribution in [0.1, 0.15) is 20.8 Å². The van der Waals surface area contributed by atoms with Gasteiger partial charge in [-0.1, -0.05) is 0 Å². The van der Waals surface area contributed by atoms with Gasteiger partial charge in [0, 0.05) is 26.3 Å². The Morgan fingerprint density at radius 1 is 1.19 bits per heavy atom. The lowest BCUT2D eigenvalue weighted by Gasteiger charge is -2.24. The maximum atomic E-state index is 11.7. The summed E-state index contributed by atoms with van der Waals surface area (Å²) in [6, 6.07) is -0.469. The summed E-state index contributed by atoms with van der Waals surface area (Å²) in [5, 5.41) is 0. The number of carbonyl (C=O) groups is 1. The van der Waals surface area contributed by atoms with Crippen molar-refractivity contribution in [1.82, 2.24) is 4.90 Å². The van der Waals surface area contributed by atoms with E-state index in [1.165, 1.54) is 0 Å². The minimum atomic E-state index is -0.469. The third-order valence-corrected chi connectivity index (χ3v) is 2.12. The molecule has 0 aliphatic rings. The van der Waals surface area contributed by atoms with Gasteiger partial charge in [0.15, 0.2) is 0 Å². The van der Waals surface area contributed by atoms with Crippen molar-refractivity contribution in [2.24, 2.45) is 5.73 Å². The Bertz CT molecular complexity index is 176. The van der Waals surface area contributed by atoms with Crippen LogP contribution in [-0.2, 0) is 14.3 Å². The summed E-state index contributed by atoms with van der Waals surface area (Å²) in [7, 11) is 0. The highest BCUT2D eigenvalue weighted by Crippen LogP contribution is 1.94. The normalized spacial score (nSPS) is 12.5. The molecule has 0 aliphatic carbocycles. The molecule has 0 bridgehead atoms. The number of nitrogens with zero attached hydrogens (tertiary/aromatic N) is 1. The standard InChI is InChI=1S/C11H24N2O3/c1-4-15-8-6-13(7-9-16-5-2)11(14)10(3)12/h10H,4-9,12H2,1-3H3/t10-/m1/s1. The molecule has 0 saturated carbocycles. The molecule has 0 spiro atoms. The Morgan fingerprint density at radius 2 is 1.62 bits per heavy atom. The van der Waals surface area contributed by atoms with E-state index in [-0.39, 0.29) is 5.91 Å². The summed E-state index contributed by atoms with van der Waals surface area (Å²) in [4.78, 5) is 13.4. The zero-order valence-electron chi connectivity index (χ0n) is 10.6. The lowest BCUT2D eigenvalue weighted by Crippen LogP contribution is -2.45. The zero-order valence-corrected chi connectivity index (χ0v) is 10.6. The van der Waals surface area contributed by atoms with Crippen LogP contribution in [0.5, 0.6) is 0 Å². The third-order valence-electron chi connectivity index (χ3n) is 2.12. The van der Waals surface area contributed by atoms with E-state index in [2.05, 4.69) is 0 Å². The second kappa shape index (κ2) is 9.57. The fourth-order valence-corrected chi connectivity index (χ4v) is 1.26. The van der Waals surface area contributed by atoms with Gasteiger partial charge in [-0.25, -0.2) is 0 Å². The summed E-state index contributed by atoms with van der Waals surface area (Å²) < 4.78 is 10.4. The van der Waals surface area contributed by atoms with Gasteiger partial charge in [0.2, 0.25) is 5.91 Å². The Labute approximate surface area is 97.9 Å². The molecule has 0 rings (SSSR count). The SMILES string of the molecule is CCOCCN(CCOCC)C(=O)[C@@H](C)N. The molecule has 0 aliphatic heterocycles. The second-order valence-corrected chi connectivity index (χ2v) is 3.51. The van der Waals surface area contributed by atoms with Crippen LogP contribution in [0, 0.1) is 0 Å². The van der Waals surface area contributed by atoms with E-state index in [4.69, 9.17) is 15.2 Å². The number of hydrogen-bond donors (Lipinski definition) is 1. The van der Waals surface area contributed by atoms with E-state index < -0.39 is 6.04 Å². The fraction of sp³-hybridized carbons (Fsp3) is 0.909. The van der Waals surface area contributed by atoms with Gasteiger partial charge in [0.1, 0.15) is 0 Å². The highest BCUT2D eigenvalue weighted by Gasteiger charge is 2.16. The predicted molar refractivity (Wildman–Crippen MR) is 63.2 cm³/mol. The lowest BCUT2D eigenvalue weighted by atomic mass is 10.3. The molecular weight excluding hydrogens is 208 g/mol. The smallest absolute Gasteiger partial charge is 0.239 e. The number of amides is 1. The lowest BCUT2D eigenvalue weighted by molar-refractivity contribution is -0.133. The van der Waals surface area contributed by atoms with Gasteiger partial charge in [-0.3, -0.25) is 4.79 Å². The first kappa shape index (κ1) is 15.3. The van der Waals surface area contributed by atoms with Gasteiger partial charge in [0.25, 0.3) is 0 Å². The summed E-state index contributed by atoms with van der Waals surface area (Å²) in [5.41, 5.74) is 5.57. The Kier molecular flexibility index (Phi) is 9.18. The van der Waals surface area contributed by atoms with Crippen molar-refractivity contribution < 1.29 is 14.3 Å². The topological polar surface area (TPSA) is 64.8 Å². The van der Waals surface area contributed by atoms with Crippen molar-refractivity contribution >= 4 is 5.91 Å². The third kappa shape index (κ3) is 6.76. The maximum absolute atomic E-state index is 11.7. The molecule has 96 valence electrons. The van der Waals surface area contributed by atoms with Crippen LogP contribution in [0.15, 0.2) is 0 Å². The van der Waals surface area contributed by atoms with Crippen LogP contribution in [0.4, 0.5) is 0 Å². The van der Waals surface area contributed by atoms with E-state index in [0.29, 0.717) is 39.5 Å². The fourth-order valence-electron chi connectivity index (χ4n) is 1.26. The van der Waals surface area contributed by atoms with Gasteiger partial charge in [0.05, 0.1) is 19.3 Å². The summed E-state index contributed by atoms with van der Waals surface area (Å²) in [6.07, 6.45) is 0. The molecule has 2 N–H and O–H groups in total. The molecule has 0 aromatic heterocycles. The predicted octanol–water partition coefficient (Wildman–Crippen LogP) is 0.235. The number of carbonyl (C=O) groups excluding carboxylic acids is 1. The molecule has 0 aromatic carbocycles. The van der Waals surface area contributed by atoms with Crippen molar-refractivity contribution in [3.8, 4) is 0 Å². The van der Waals surface area contributed by atoms with Crippen molar-refractivity contribution in [1.29, 1.82) is 0 Å². The highest BCUT2D eigenvalue weighted by atomic mass is 16.5. The monoisotopic (exact) mass is 232 g/mol. The van der Waals surface area contributed by atoms with Crippen molar-refractivity contribution in [3.05, 3.63) is 0 Å². The highest BCUT2D eigenvalue weighted by molar-refractivity contribution is 5.81. The average Bonchev–Trinajstić information content (AvgIpc) is 2.26. The molecule has 0 heterocycles. The largest absolute Gasteiger partial charge is 0.380 e. The van der Waals surface area contributed by atoms with Gasteiger partial charge in [-0.05, 0) is 20.8 Å². The zero-order chi connectivity index (χ0) is 12.4. The Balaban J connectivity index is 4.00. The van der Waals surface area contributed by atoms with Gasteiger partial charge in [-0.15, -0.1) is 0 Å². The summed E-state index contributed by atoms with van der Waals surface area (Å²) in [6.45, 7) is 9.09. The van der Waals surface area contributed by atoms with Crippen molar-refractivity contribution in [3.63, 3.8) is 0 Å².